The highest BCUT2D eigenvalue weighted by molar-refractivity contribution is 5.94. The number of methoxy groups -OCH3 is 1. The van der Waals surface area contributed by atoms with E-state index in [0.717, 1.165) is 12.1 Å². The molecule has 0 saturated carbocycles. The van der Waals surface area contributed by atoms with Crippen molar-refractivity contribution in [3.63, 3.8) is 0 Å². The van der Waals surface area contributed by atoms with Crippen LogP contribution in [0.5, 0.6) is 0 Å². The van der Waals surface area contributed by atoms with E-state index in [1.807, 2.05) is 0 Å². The number of anilines is 1. The lowest BCUT2D eigenvalue weighted by atomic mass is 10.1. The Morgan fingerprint density at radius 2 is 1.90 bits per heavy atom. The van der Waals surface area contributed by atoms with Gasteiger partial charge in [-0.25, -0.2) is 0 Å². The molecule has 0 bridgehead atoms. The Kier molecular flexibility index (Phi) is 4.37. The van der Waals surface area contributed by atoms with Crippen molar-refractivity contribution in [3.05, 3.63) is 59.9 Å². The summed E-state index contributed by atoms with van der Waals surface area (Å²) >= 11 is 0. The Balaban J connectivity index is 2.18. The summed E-state index contributed by atoms with van der Waals surface area (Å²) in [6.45, 7) is 0. The van der Waals surface area contributed by atoms with Gasteiger partial charge in [0, 0.05) is 7.11 Å². The van der Waals surface area contributed by atoms with Crippen molar-refractivity contribution in [2.45, 2.75) is 6.10 Å². The van der Waals surface area contributed by atoms with E-state index in [1.165, 1.54) is 7.11 Å². The highest BCUT2D eigenvalue weighted by atomic mass is 19.1. The molecule has 0 aliphatic rings. The van der Waals surface area contributed by atoms with Gasteiger partial charge >= 0.3 is 0 Å². The molecule has 6 heteroatoms. The number of rotatable bonds is 4. The van der Waals surface area contributed by atoms with Gasteiger partial charge in [-0.2, -0.15) is 13.8 Å². The second-order valence-corrected chi connectivity index (χ2v) is 3.99. The Morgan fingerprint density at radius 1 is 1.20 bits per heavy atom. The van der Waals surface area contributed by atoms with Crippen LogP contribution < -0.4 is 5.32 Å². The average molecular weight is 278 g/mol. The molecule has 0 saturated heterocycles. The third kappa shape index (κ3) is 3.16. The Bertz CT molecular complexity index is 605. The molecule has 1 unspecified atom stereocenters. The normalized spacial score (nSPS) is 11.9. The molecule has 0 spiro atoms. The topological polar surface area (TPSA) is 51.2 Å². The molecule has 20 heavy (non-hydrogen) atoms. The first kappa shape index (κ1) is 14.1. The van der Waals surface area contributed by atoms with Crippen molar-refractivity contribution in [1.29, 1.82) is 0 Å². The Morgan fingerprint density at radius 3 is 2.50 bits per heavy atom. The van der Waals surface area contributed by atoms with Crippen molar-refractivity contribution >= 4 is 11.6 Å². The number of benzene rings is 1. The van der Waals surface area contributed by atoms with Gasteiger partial charge in [0.2, 0.25) is 11.9 Å². The molecule has 1 atom stereocenters. The standard InChI is InChI=1S/C14H12F2N2O2/c1-20-12(9-5-3-2-4-6-9)14(19)17-10-7-8-11(15)18-13(10)16/h2-8,12H,1H3,(H,17,19). The molecule has 1 aromatic heterocycles. The Labute approximate surface area is 114 Å². The van der Waals surface area contributed by atoms with Crippen LogP contribution in [0.1, 0.15) is 11.7 Å². The molecular weight excluding hydrogens is 266 g/mol. The number of pyridine rings is 1. The molecule has 0 aliphatic heterocycles. The molecular formula is C14H12F2N2O2. The molecule has 4 nitrogen and oxygen atoms in total. The first-order valence-corrected chi connectivity index (χ1v) is 5.82. The molecule has 1 heterocycles. The minimum atomic E-state index is -1.08. The minimum Gasteiger partial charge on any atom is -0.367 e. The molecule has 1 aromatic carbocycles. The van der Waals surface area contributed by atoms with E-state index in [2.05, 4.69) is 10.3 Å². The smallest absolute Gasteiger partial charge is 0.258 e. The van der Waals surface area contributed by atoms with Crippen LogP contribution in [-0.2, 0) is 9.53 Å². The van der Waals surface area contributed by atoms with Crippen molar-refractivity contribution in [1.82, 2.24) is 4.98 Å². The number of carbonyl (C=O) groups is 1. The fourth-order valence-corrected chi connectivity index (χ4v) is 1.73. The summed E-state index contributed by atoms with van der Waals surface area (Å²) in [4.78, 5) is 15.1. The molecule has 1 amide bonds. The van der Waals surface area contributed by atoms with E-state index in [4.69, 9.17) is 4.74 Å². The molecule has 0 aliphatic carbocycles. The summed E-state index contributed by atoms with van der Waals surface area (Å²) in [5.74, 6) is -2.60. The third-order valence-corrected chi connectivity index (χ3v) is 2.65. The number of hydrogen-bond donors (Lipinski definition) is 1. The summed E-state index contributed by atoms with van der Waals surface area (Å²) in [7, 11) is 1.37. The zero-order valence-electron chi connectivity index (χ0n) is 10.6. The monoisotopic (exact) mass is 278 g/mol. The summed E-state index contributed by atoms with van der Waals surface area (Å²) in [6, 6.07) is 10.8. The Hall–Kier alpha value is -2.34. The van der Waals surface area contributed by atoms with Crippen molar-refractivity contribution < 1.29 is 18.3 Å². The van der Waals surface area contributed by atoms with E-state index in [9.17, 15) is 13.6 Å². The van der Waals surface area contributed by atoms with Gasteiger partial charge < -0.3 is 10.1 Å². The predicted octanol–water partition coefficient (Wildman–Crippen LogP) is 2.69. The fourth-order valence-electron chi connectivity index (χ4n) is 1.73. The summed E-state index contributed by atoms with van der Waals surface area (Å²) in [5.41, 5.74) is 0.428. The van der Waals surface area contributed by atoms with Crippen LogP contribution in [0.15, 0.2) is 42.5 Å². The van der Waals surface area contributed by atoms with Gasteiger partial charge in [0.05, 0.1) is 5.69 Å². The number of carbonyl (C=O) groups excluding carboxylic acids is 1. The number of hydrogen-bond acceptors (Lipinski definition) is 3. The first-order valence-electron chi connectivity index (χ1n) is 5.82. The maximum atomic E-state index is 13.4. The van der Waals surface area contributed by atoms with Crippen molar-refractivity contribution in [2.75, 3.05) is 12.4 Å². The minimum absolute atomic E-state index is 0.200. The van der Waals surface area contributed by atoms with Gasteiger partial charge in [-0.3, -0.25) is 4.79 Å². The van der Waals surface area contributed by atoms with Crippen molar-refractivity contribution in [3.8, 4) is 0 Å². The zero-order valence-corrected chi connectivity index (χ0v) is 10.6. The first-order chi connectivity index (χ1) is 9.61. The van der Waals surface area contributed by atoms with E-state index < -0.39 is 23.9 Å². The highest BCUT2D eigenvalue weighted by Crippen LogP contribution is 2.20. The summed E-state index contributed by atoms with van der Waals surface area (Å²) < 4.78 is 31.2. The van der Waals surface area contributed by atoms with Gasteiger partial charge in [0.1, 0.15) is 0 Å². The van der Waals surface area contributed by atoms with E-state index in [-0.39, 0.29) is 5.69 Å². The van der Waals surface area contributed by atoms with Crippen LogP contribution >= 0.6 is 0 Å². The second-order valence-electron chi connectivity index (χ2n) is 3.99. The van der Waals surface area contributed by atoms with Gasteiger partial charge in [0.15, 0.2) is 6.10 Å². The second kappa shape index (κ2) is 6.21. The number of ether oxygens (including phenoxy) is 1. The third-order valence-electron chi connectivity index (χ3n) is 2.65. The van der Waals surface area contributed by atoms with Crippen LogP contribution in [0, 0.1) is 11.9 Å². The molecule has 0 radical (unpaired) electrons. The van der Waals surface area contributed by atoms with Crippen molar-refractivity contribution in [2.24, 2.45) is 0 Å². The zero-order chi connectivity index (χ0) is 14.5. The lowest BCUT2D eigenvalue weighted by Crippen LogP contribution is -2.23. The van der Waals surface area contributed by atoms with Crippen LogP contribution in [0.2, 0.25) is 0 Å². The molecule has 2 aromatic rings. The van der Waals surface area contributed by atoms with Crippen LogP contribution in [0.3, 0.4) is 0 Å². The van der Waals surface area contributed by atoms with Crippen LogP contribution in [0.4, 0.5) is 14.5 Å². The molecule has 1 N–H and O–H groups in total. The number of halogens is 2. The lowest BCUT2D eigenvalue weighted by molar-refractivity contribution is -0.126. The molecule has 0 fully saturated rings. The quantitative estimate of drug-likeness (QED) is 0.875. The van der Waals surface area contributed by atoms with E-state index >= 15 is 0 Å². The van der Waals surface area contributed by atoms with E-state index in [0.29, 0.717) is 5.56 Å². The number of aromatic nitrogens is 1. The molecule has 2 rings (SSSR count). The largest absolute Gasteiger partial charge is 0.367 e. The average Bonchev–Trinajstić information content (AvgIpc) is 2.44. The predicted molar refractivity (Wildman–Crippen MR) is 69.0 cm³/mol. The maximum Gasteiger partial charge on any atom is 0.258 e. The fraction of sp³-hybridized carbons (Fsp3) is 0.143. The molecule has 104 valence electrons. The lowest BCUT2D eigenvalue weighted by Gasteiger charge is -2.15. The van der Waals surface area contributed by atoms with Gasteiger partial charge in [-0.05, 0) is 17.7 Å². The number of nitrogens with one attached hydrogen (secondary N) is 1. The summed E-state index contributed by atoms with van der Waals surface area (Å²) in [6.07, 6.45) is -0.888. The summed E-state index contributed by atoms with van der Waals surface area (Å²) in [5, 5.41) is 2.32. The van der Waals surface area contributed by atoms with Gasteiger partial charge in [0.25, 0.3) is 5.91 Å². The highest BCUT2D eigenvalue weighted by Gasteiger charge is 2.21. The van der Waals surface area contributed by atoms with Crippen LogP contribution in [0.25, 0.3) is 0 Å². The SMILES string of the molecule is COC(C(=O)Nc1ccc(F)nc1F)c1ccccc1. The van der Waals surface area contributed by atoms with E-state index in [1.54, 1.807) is 30.3 Å². The van der Waals surface area contributed by atoms with Gasteiger partial charge in [-0.1, -0.05) is 30.3 Å². The van der Waals surface area contributed by atoms with Crippen LogP contribution in [-0.4, -0.2) is 18.0 Å². The number of amides is 1. The number of nitrogens with zero attached hydrogens (tertiary/aromatic N) is 1. The maximum absolute atomic E-state index is 13.4. The van der Waals surface area contributed by atoms with Gasteiger partial charge in [-0.15, -0.1) is 0 Å².